The normalized spacial score (nSPS) is 22.6. The van der Waals surface area contributed by atoms with Crippen molar-refractivity contribution in [2.75, 3.05) is 13.7 Å². The minimum absolute atomic E-state index is 0.211. The predicted molar refractivity (Wildman–Crippen MR) is 42.4 cm³/mol. The molecule has 0 radical (unpaired) electrons. The molecule has 2 amide bonds. The Kier molecular flexibility index (Phi) is 2.47. The van der Waals surface area contributed by atoms with E-state index in [0.29, 0.717) is 13.0 Å². The molecule has 0 N–H and O–H groups in total. The van der Waals surface area contributed by atoms with Crippen LogP contribution < -0.4 is 0 Å². The number of amides is 2. The number of carbonyl (C=O) groups is 2. The van der Waals surface area contributed by atoms with E-state index in [1.165, 1.54) is 7.11 Å². The van der Waals surface area contributed by atoms with Crippen molar-refractivity contribution in [3.63, 3.8) is 0 Å². The van der Waals surface area contributed by atoms with E-state index < -0.39 is 6.09 Å². The topological polar surface area (TPSA) is 46.6 Å². The quantitative estimate of drug-likeness (QED) is 0.545. The van der Waals surface area contributed by atoms with Crippen LogP contribution in [0.25, 0.3) is 0 Å². The fourth-order valence-electron chi connectivity index (χ4n) is 1.21. The van der Waals surface area contributed by atoms with Crippen molar-refractivity contribution in [1.82, 2.24) is 4.90 Å². The molecule has 4 nitrogen and oxygen atoms in total. The molecule has 0 spiro atoms. The molecule has 0 aromatic rings. The van der Waals surface area contributed by atoms with Crippen molar-refractivity contribution >= 4 is 12.0 Å². The Morgan fingerprint density at radius 2 is 2.50 bits per heavy atom. The summed E-state index contributed by atoms with van der Waals surface area (Å²) in [5, 5.41) is 0. The van der Waals surface area contributed by atoms with Gasteiger partial charge in [-0.1, -0.05) is 6.08 Å². The van der Waals surface area contributed by atoms with E-state index in [9.17, 15) is 9.59 Å². The molecule has 0 bridgehead atoms. The van der Waals surface area contributed by atoms with Gasteiger partial charge in [-0.15, -0.1) is 6.58 Å². The number of imide groups is 1. The molecule has 0 saturated carbocycles. The molecule has 0 aromatic carbocycles. The minimum Gasteiger partial charge on any atom is -0.452 e. The SMILES string of the molecule is C=CC1CCN(C(=O)OC)C1=O. The summed E-state index contributed by atoms with van der Waals surface area (Å²) < 4.78 is 4.43. The molecule has 1 aliphatic rings. The molecule has 66 valence electrons. The maximum Gasteiger partial charge on any atom is 0.416 e. The van der Waals surface area contributed by atoms with Gasteiger partial charge in [-0.3, -0.25) is 4.79 Å². The van der Waals surface area contributed by atoms with Crippen LogP contribution in [0.1, 0.15) is 6.42 Å². The van der Waals surface area contributed by atoms with Crippen molar-refractivity contribution in [1.29, 1.82) is 0 Å². The number of likely N-dealkylation sites (tertiary alicyclic amines) is 1. The van der Waals surface area contributed by atoms with Crippen LogP contribution in [0.3, 0.4) is 0 Å². The van der Waals surface area contributed by atoms with E-state index in [0.717, 1.165) is 4.90 Å². The first-order chi connectivity index (χ1) is 5.70. The number of methoxy groups -OCH3 is 1. The lowest BCUT2D eigenvalue weighted by Gasteiger charge is -2.11. The second-order valence-electron chi connectivity index (χ2n) is 2.59. The number of ether oxygens (including phenoxy) is 1. The Morgan fingerprint density at radius 1 is 1.83 bits per heavy atom. The lowest BCUT2D eigenvalue weighted by Crippen LogP contribution is -2.33. The molecule has 1 heterocycles. The Bertz CT molecular complexity index is 224. The van der Waals surface area contributed by atoms with Crippen molar-refractivity contribution in [2.24, 2.45) is 5.92 Å². The molecule has 1 saturated heterocycles. The number of rotatable bonds is 1. The second-order valence-corrected chi connectivity index (χ2v) is 2.59. The fraction of sp³-hybridized carbons (Fsp3) is 0.500. The van der Waals surface area contributed by atoms with Crippen LogP contribution in [-0.2, 0) is 9.53 Å². The predicted octanol–water partition coefficient (Wildman–Crippen LogP) is 0.787. The van der Waals surface area contributed by atoms with Gasteiger partial charge in [0.1, 0.15) is 0 Å². The third kappa shape index (κ3) is 1.32. The van der Waals surface area contributed by atoms with E-state index in [4.69, 9.17) is 0 Å². The molecule has 1 fully saturated rings. The van der Waals surface area contributed by atoms with E-state index in [-0.39, 0.29) is 11.8 Å². The highest BCUT2D eigenvalue weighted by molar-refractivity contribution is 5.95. The highest BCUT2D eigenvalue weighted by atomic mass is 16.5. The van der Waals surface area contributed by atoms with Crippen molar-refractivity contribution < 1.29 is 14.3 Å². The molecular weight excluding hydrogens is 158 g/mol. The van der Waals surface area contributed by atoms with Crippen LogP contribution in [0.5, 0.6) is 0 Å². The lowest BCUT2D eigenvalue weighted by molar-refractivity contribution is -0.128. The molecule has 12 heavy (non-hydrogen) atoms. The lowest BCUT2D eigenvalue weighted by atomic mass is 10.1. The van der Waals surface area contributed by atoms with Crippen LogP contribution in [-0.4, -0.2) is 30.6 Å². The molecular formula is C8H11NO3. The smallest absolute Gasteiger partial charge is 0.416 e. The van der Waals surface area contributed by atoms with Crippen LogP contribution in [0.15, 0.2) is 12.7 Å². The third-order valence-electron chi connectivity index (χ3n) is 1.93. The number of carbonyl (C=O) groups excluding carboxylic acids is 2. The minimum atomic E-state index is -0.579. The van der Waals surface area contributed by atoms with E-state index in [2.05, 4.69) is 11.3 Å². The van der Waals surface area contributed by atoms with Gasteiger partial charge < -0.3 is 4.74 Å². The average molecular weight is 169 g/mol. The van der Waals surface area contributed by atoms with Gasteiger partial charge in [0, 0.05) is 6.54 Å². The Morgan fingerprint density at radius 3 is 2.92 bits per heavy atom. The molecule has 0 aliphatic carbocycles. The van der Waals surface area contributed by atoms with Gasteiger partial charge in [-0.2, -0.15) is 0 Å². The van der Waals surface area contributed by atoms with Gasteiger partial charge in [-0.25, -0.2) is 9.69 Å². The summed E-state index contributed by atoms with van der Waals surface area (Å²) in [6.07, 6.45) is 1.63. The average Bonchev–Trinajstić information content (AvgIpc) is 2.45. The van der Waals surface area contributed by atoms with E-state index in [1.54, 1.807) is 6.08 Å². The summed E-state index contributed by atoms with van der Waals surface area (Å²) in [5.74, 6) is -0.430. The van der Waals surface area contributed by atoms with Gasteiger partial charge >= 0.3 is 6.09 Å². The zero-order chi connectivity index (χ0) is 9.14. The zero-order valence-electron chi connectivity index (χ0n) is 6.95. The molecule has 1 unspecified atom stereocenters. The number of nitrogens with zero attached hydrogens (tertiary/aromatic N) is 1. The summed E-state index contributed by atoms with van der Waals surface area (Å²) in [5.41, 5.74) is 0. The zero-order valence-corrected chi connectivity index (χ0v) is 6.95. The Balaban J connectivity index is 2.66. The number of hydrogen-bond donors (Lipinski definition) is 0. The highest BCUT2D eigenvalue weighted by Crippen LogP contribution is 2.18. The maximum absolute atomic E-state index is 11.3. The maximum atomic E-state index is 11.3. The van der Waals surface area contributed by atoms with Crippen molar-refractivity contribution in [3.8, 4) is 0 Å². The van der Waals surface area contributed by atoms with Crippen LogP contribution >= 0.6 is 0 Å². The van der Waals surface area contributed by atoms with Crippen LogP contribution in [0, 0.1) is 5.92 Å². The second kappa shape index (κ2) is 3.38. The molecule has 1 aliphatic heterocycles. The van der Waals surface area contributed by atoms with Crippen molar-refractivity contribution in [2.45, 2.75) is 6.42 Å². The number of hydrogen-bond acceptors (Lipinski definition) is 3. The van der Waals surface area contributed by atoms with Crippen molar-refractivity contribution in [3.05, 3.63) is 12.7 Å². The first kappa shape index (κ1) is 8.77. The molecule has 1 atom stereocenters. The van der Waals surface area contributed by atoms with Crippen LogP contribution in [0.2, 0.25) is 0 Å². The van der Waals surface area contributed by atoms with E-state index in [1.807, 2.05) is 0 Å². The first-order valence-corrected chi connectivity index (χ1v) is 3.72. The van der Waals surface area contributed by atoms with Gasteiger partial charge in [0.2, 0.25) is 5.91 Å². The summed E-state index contributed by atoms with van der Waals surface area (Å²) in [7, 11) is 1.26. The van der Waals surface area contributed by atoms with Gasteiger partial charge in [0.05, 0.1) is 13.0 Å². The highest BCUT2D eigenvalue weighted by Gasteiger charge is 2.34. The third-order valence-corrected chi connectivity index (χ3v) is 1.93. The molecule has 0 aromatic heterocycles. The summed E-state index contributed by atoms with van der Waals surface area (Å²) in [6.45, 7) is 3.95. The monoisotopic (exact) mass is 169 g/mol. The van der Waals surface area contributed by atoms with E-state index >= 15 is 0 Å². The molecule has 1 rings (SSSR count). The standard InChI is InChI=1S/C8H11NO3/c1-3-6-4-5-9(7(6)10)8(11)12-2/h3,6H,1,4-5H2,2H3. The van der Waals surface area contributed by atoms with Gasteiger partial charge in [0.25, 0.3) is 0 Å². The van der Waals surface area contributed by atoms with Gasteiger partial charge in [0.15, 0.2) is 0 Å². The summed E-state index contributed by atoms with van der Waals surface area (Å²) >= 11 is 0. The Labute approximate surface area is 70.8 Å². The first-order valence-electron chi connectivity index (χ1n) is 3.72. The Hall–Kier alpha value is -1.32. The summed E-state index contributed by atoms with van der Waals surface area (Å²) in [6, 6.07) is 0. The largest absolute Gasteiger partial charge is 0.452 e. The summed E-state index contributed by atoms with van der Waals surface area (Å²) in [4.78, 5) is 23.3. The molecule has 4 heteroatoms. The van der Waals surface area contributed by atoms with Crippen LogP contribution in [0.4, 0.5) is 4.79 Å². The van der Waals surface area contributed by atoms with Gasteiger partial charge in [-0.05, 0) is 6.42 Å². The fourth-order valence-corrected chi connectivity index (χ4v) is 1.21.